The van der Waals surface area contributed by atoms with Crippen LogP contribution in [0.4, 0.5) is 5.69 Å². The zero-order valence-electron chi connectivity index (χ0n) is 13.4. The van der Waals surface area contributed by atoms with Crippen LogP contribution in [0.25, 0.3) is 11.6 Å². The largest absolute Gasteiger partial charge is 0.384 e. The summed E-state index contributed by atoms with van der Waals surface area (Å²) in [6, 6.07) is 25.3. The van der Waals surface area contributed by atoms with Gasteiger partial charge in [-0.15, -0.1) is 0 Å². The number of aliphatic hydroxyl groups is 1. The number of nitro benzene ring substituents is 1. The molecule has 0 amide bonds. The third-order valence-electron chi connectivity index (χ3n) is 3.94. The number of rotatable bonds is 5. The summed E-state index contributed by atoms with van der Waals surface area (Å²) < 4.78 is 0. The highest BCUT2D eigenvalue weighted by Gasteiger charge is 2.16. The van der Waals surface area contributed by atoms with Gasteiger partial charge in [-0.05, 0) is 40.5 Å². The van der Waals surface area contributed by atoms with Gasteiger partial charge < -0.3 is 5.11 Å². The zero-order chi connectivity index (χ0) is 17.6. The molecule has 25 heavy (non-hydrogen) atoms. The van der Waals surface area contributed by atoms with Gasteiger partial charge in [0.15, 0.2) is 0 Å². The third-order valence-corrected chi connectivity index (χ3v) is 3.94. The average molecular weight is 331 g/mol. The third kappa shape index (κ3) is 4.00. The first-order valence-corrected chi connectivity index (χ1v) is 7.89. The molecule has 0 saturated heterocycles. The smallest absolute Gasteiger partial charge is 0.269 e. The van der Waals surface area contributed by atoms with E-state index in [-0.39, 0.29) is 5.69 Å². The minimum absolute atomic E-state index is 0.00394. The van der Waals surface area contributed by atoms with Crippen molar-refractivity contribution in [3.8, 4) is 0 Å². The molecule has 4 heteroatoms. The van der Waals surface area contributed by atoms with E-state index in [0.717, 1.165) is 16.7 Å². The van der Waals surface area contributed by atoms with Gasteiger partial charge in [0, 0.05) is 12.1 Å². The highest BCUT2D eigenvalue weighted by molar-refractivity contribution is 5.84. The van der Waals surface area contributed by atoms with Crippen molar-refractivity contribution < 1.29 is 10.0 Å². The normalized spacial score (nSPS) is 12.6. The highest BCUT2D eigenvalue weighted by atomic mass is 16.6. The number of aliphatic hydroxyl groups excluding tert-OH is 1. The number of hydrogen-bond donors (Lipinski definition) is 1. The second kappa shape index (κ2) is 7.55. The Hall–Kier alpha value is -3.24. The second-order valence-corrected chi connectivity index (χ2v) is 5.63. The molecule has 0 radical (unpaired) electrons. The fourth-order valence-electron chi connectivity index (χ4n) is 2.64. The number of benzene rings is 3. The fourth-order valence-corrected chi connectivity index (χ4v) is 2.64. The number of non-ortho nitro benzene ring substituents is 1. The molecule has 0 aromatic heterocycles. The van der Waals surface area contributed by atoms with Gasteiger partial charge in [-0.1, -0.05) is 60.7 Å². The molecule has 1 unspecified atom stereocenters. The first-order valence-electron chi connectivity index (χ1n) is 7.89. The van der Waals surface area contributed by atoms with Gasteiger partial charge in [0.05, 0.1) is 4.92 Å². The Balaban J connectivity index is 2.02. The van der Waals surface area contributed by atoms with Crippen molar-refractivity contribution in [2.24, 2.45) is 0 Å². The molecule has 1 N–H and O–H groups in total. The van der Waals surface area contributed by atoms with Crippen LogP contribution in [0, 0.1) is 10.1 Å². The molecule has 0 bridgehead atoms. The maximum absolute atomic E-state index is 10.9. The lowest BCUT2D eigenvalue weighted by atomic mass is 9.93. The molecule has 0 aliphatic carbocycles. The topological polar surface area (TPSA) is 63.4 Å². The Morgan fingerprint density at radius 3 is 2.00 bits per heavy atom. The molecule has 124 valence electrons. The molecule has 1 atom stereocenters. The van der Waals surface area contributed by atoms with E-state index in [1.807, 2.05) is 66.7 Å². The zero-order valence-corrected chi connectivity index (χ0v) is 13.4. The quantitative estimate of drug-likeness (QED) is 0.412. The maximum Gasteiger partial charge on any atom is 0.269 e. The van der Waals surface area contributed by atoms with Crippen molar-refractivity contribution in [2.45, 2.75) is 6.10 Å². The summed E-state index contributed by atoms with van der Waals surface area (Å²) in [7, 11) is 0. The van der Waals surface area contributed by atoms with E-state index in [9.17, 15) is 15.2 Å². The summed E-state index contributed by atoms with van der Waals surface area (Å²) >= 11 is 0. The molecule has 0 fully saturated rings. The van der Waals surface area contributed by atoms with Gasteiger partial charge in [0.2, 0.25) is 0 Å². The molecule has 0 heterocycles. The molecule has 0 aliphatic heterocycles. The van der Waals surface area contributed by atoms with Crippen molar-refractivity contribution >= 4 is 17.3 Å². The average Bonchev–Trinajstić information content (AvgIpc) is 2.67. The van der Waals surface area contributed by atoms with Gasteiger partial charge in [0.1, 0.15) is 6.10 Å². The molecule has 3 aromatic carbocycles. The summed E-state index contributed by atoms with van der Waals surface area (Å²) in [4.78, 5) is 10.4. The van der Waals surface area contributed by atoms with Crippen LogP contribution >= 0.6 is 0 Å². The number of hydrogen-bond acceptors (Lipinski definition) is 3. The molecular weight excluding hydrogens is 314 g/mol. The van der Waals surface area contributed by atoms with Gasteiger partial charge in [-0.3, -0.25) is 10.1 Å². The monoisotopic (exact) mass is 331 g/mol. The summed E-state index contributed by atoms with van der Waals surface area (Å²) in [5.41, 5.74) is 3.22. The van der Waals surface area contributed by atoms with Gasteiger partial charge >= 0.3 is 0 Å². The van der Waals surface area contributed by atoms with Crippen LogP contribution in [0.5, 0.6) is 0 Å². The van der Waals surface area contributed by atoms with E-state index in [1.165, 1.54) is 12.1 Å². The van der Waals surface area contributed by atoms with E-state index in [0.29, 0.717) is 5.56 Å². The summed E-state index contributed by atoms with van der Waals surface area (Å²) in [5, 5.41) is 21.7. The summed E-state index contributed by atoms with van der Waals surface area (Å²) in [6.45, 7) is 0. The molecular formula is C21H17NO3. The van der Waals surface area contributed by atoms with Gasteiger partial charge in [-0.25, -0.2) is 0 Å². The van der Waals surface area contributed by atoms with Crippen LogP contribution in [0.3, 0.4) is 0 Å². The molecule has 0 aliphatic rings. The SMILES string of the molecule is O=[N+]([O-])c1ccc(C(O)/C(=C/c2ccccc2)c2ccccc2)cc1. The minimum Gasteiger partial charge on any atom is -0.384 e. The summed E-state index contributed by atoms with van der Waals surface area (Å²) in [5.74, 6) is 0. The van der Waals surface area contributed by atoms with Crippen molar-refractivity contribution in [3.05, 3.63) is 112 Å². The van der Waals surface area contributed by atoms with Crippen LogP contribution in [0.2, 0.25) is 0 Å². The van der Waals surface area contributed by atoms with Crippen LogP contribution in [-0.2, 0) is 0 Å². The molecule has 4 nitrogen and oxygen atoms in total. The maximum atomic E-state index is 10.9. The van der Waals surface area contributed by atoms with Crippen LogP contribution in [0.15, 0.2) is 84.9 Å². The summed E-state index contributed by atoms with van der Waals surface area (Å²) in [6.07, 6.45) is 1.05. The second-order valence-electron chi connectivity index (χ2n) is 5.63. The Kier molecular flexibility index (Phi) is 5.02. The molecule has 0 saturated carbocycles. The van der Waals surface area contributed by atoms with Crippen molar-refractivity contribution in [3.63, 3.8) is 0 Å². The Morgan fingerprint density at radius 2 is 1.44 bits per heavy atom. The van der Waals surface area contributed by atoms with Crippen molar-refractivity contribution in [1.82, 2.24) is 0 Å². The Morgan fingerprint density at radius 1 is 0.880 bits per heavy atom. The lowest BCUT2D eigenvalue weighted by molar-refractivity contribution is -0.384. The predicted molar refractivity (Wildman–Crippen MR) is 98.8 cm³/mol. The highest BCUT2D eigenvalue weighted by Crippen LogP contribution is 2.32. The molecule has 3 aromatic rings. The van der Waals surface area contributed by atoms with Crippen molar-refractivity contribution in [1.29, 1.82) is 0 Å². The van der Waals surface area contributed by atoms with Crippen LogP contribution in [0.1, 0.15) is 22.8 Å². The number of nitrogens with zero attached hydrogens (tertiary/aromatic N) is 1. The molecule has 0 spiro atoms. The van der Waals surface area contributed by atoms with E-state index in [4.69, 9.17) is 0 Å². The fraction of sp³-hybridized carbons (Fsp3) is 0.0476. The first-order chi connectivity index (χ1) is 12.1. The van der Waals surface area contributed by atoms with Gasteiger partial charge in [-0.2, -0.15) is 0 Å². The number of nitro groups is 1. The predicted octanol–water partition coefficient (Wildman–Crippen LogP) is 4.87. The van der Waals surface area contributed by atoms with E-state index >= 15 is 0 Å². The van der Waals surface area contributed by atoms with Gasteiger partial charge in [0.25, 0.3) is 5.69 Å². The van der Waals surface area contributed by atoms with Crippen LogP contribution in [-0.4, -0.2) is 10.0 Å². The Bertz CT molecular complexity index is 872. The molecule has 3 rings (SSSR count). The van der Waals surface area contributed by atoms with E-state index in [1.54, 1.807) is 12.1 Å². The van der Waals surface area contributed by atoms with E-state index < -0.39 is 11.0 Å². The Labute approximate surface area is 145 Å². The van der Waals surface area contributed by atoms with Crippen LogP contribution < -0.4 is 0 Å². The minimum atomic E-state index is -0.886. The standard InChI is InChI=1S/C21H17NO3/c23-21(18-11-13-19(14-12-18)22(24)25)20(17-9-5-2-6-10-17)15-16-7-3-1-4-8-16/h1-15,21,23H/b20-15+. The lowest BCUT2D eigenvalue weighted by Gasteiger charge is -2.16. The first kappa shape index (κ1) is 16.6. The lowest BCUT2D eigenvalue weighted by Crippen LogP contribution is -2.01. The van der Waals surface area contributed by atoms with Crippen molar-refractivity contribution in [2.75, 3.05) is 0 Å². The van der Waals surface area contributed by atoms with E-state index in [2.05, 4.69) is 0 Å².